The number of carbonyl (C=O) groups excluding carboxylic acids is 2. The van der Waals surface area contributed by atoms with Crippen molar-refractivity contribution >= 4 is 11.9 Å². The van der Waals surface area contributed by atoms with Crippen molar-refractivity contribution in [3.63, 3.8) is 0 Å². The first-order chi connectivity index (χ1) is 13.7. The predicted molar refractivity (Wildman–Crippen MR) is 113 cm³/mol. The van der Waals surface area contributed by atoms with Gasteiger partial charge in [-0.05, 0) is 39.2 Å². The Hall–Kier alpha value is -2.63. The molecule has 1 heterocycles. The first-order valence-corrected chi connectivity index (χ1v) is 10.2. The lowest BCUT2D eigenvalue weighted by molar-refractivity contribution is -0.148. The molecule has 1 aromatic carbocycles. The lowest BCUT2D eigenvalue weighted by Gasteiger charge is -2.19. The van der Waals surface area contributed by atoms with E-state index in [9.17, 15) is 9.59 Å². The van der Waals surface area contributed by atoms with Gasteiger partial charge in [-0.25, -0.2) is 0 Å². The SMILES string of the molecule is Cc1nn(CC(C)C)c(C)c1CC(=O)NC(CC(=O)OC(C)C)c1ccccc1. The minimum atomic E-state index is -0.429. The third-order valence-corrected chi connectivity index (χ3v) is 4.68. The van der Waals surface area contributed by atoms with Crippen molar-refractivity contribution in [1.29, 1.82) is 0 Å². The lowest BCUT2D eigenvalue weighted by atomic mass is 10.0. The van der Waals surface area contributed by atoms with Crippen molar-refractivity contribution in [2.24, 2.45) is 5.92 Å². The van der Waals surface area contributed by atoms with Crippen LogP contribution in [-0.4, -0.2) is 27.8 Å². The van der Waals surface area contributed by atoms with Crippen LogP contribution in [-0.2, 0) is 27.3 Å². The minimum absolute atomic E-state index is 0.0957. The van der Waals surface area contributed by atoms with Gasteiger partial charge in [-0.1, -0.05) is 44.2 Å². The Balaban J connectivity index is 2.14. The van der Waals surface area contributed by atoms with Crippen LogP contribution < -0.4 is 5.32 Å². The zero-order valence-corrected chi connectivity index (χ0v) is 18.4. The van der Waals surface area contributed by atoms with Gasteiger partial charge in [-0.2, -0.15) is 5.10 Å². The Bertz CT molecular complexity index is 825. The Morgan fingerprint density at radius 2 is 1.76 bits per heavy atom. The van der Waals surface area contributed by atoms with Gasteiger partial charge in [0.2, 0.25) is 5.91 Å². The van der Waals surface area contributed by atoms with Crippen LogP contribution >= 0.6 is 0 Å². The summed E-state index contributed by atoms with van der Waals surface area (Å²) in [5.41, 5.74) is 3.71. The smallest absolute Gasteiger partial charge is 0.308 e. The summed E-state index contributed by atoms with van der Waals surface area (Å²) in [6.45, 7) is 12.7. The normalized spacial score (nSPS) is 12.3. The van der Waals surface area contributed by atoms with Gasteiger partial charge < -0.3 is 10.1 Å². The van der Waals surface area contributed by atoms with Gasteiger partial charge in [0.25, 0.3) is 0 Å². The molecule has 0 aliphatic rings. The molecule has 0 aliphatic carbocycles. The van der Waals surface area contributed by atoms with Crippen molar-refractivity contribution in [3.8, 4) is 0 Å². The molecule has 0 radical (unpaired) electrons. The third kappa shape index (κ3) is 6.73. The number of esters is 1. The molecule has 1 aromatic heterocycles. The van der Waals surface area contributed by atoms with E-state index in [0.29, 0.717) is 5.92 Å². The summed E-state index contributed by atoms with van der Waals surface area (Å²) >= 11 is 0. The maximum atomic E-state index is 12.8. The summed E-state index contributed by atoms with van der Waals surface area (Å²) < 4.78 is 7.25. The Morgan fingerprint density at radius 3 is 2.34 bits per heavy atom. The molecule has 1 amide bonds. The fraction of sp³-hybridized carbons (Fsp3) is 0.522. The Kier molecular flexibility index (Phi) is 8.00. The highest BCUT2D eigenvalue weighted by Gasteiger charge is 2.22. The average molecular weight is 400 g/mol. The molecule has 0 saturated carbocycles. The number of hydrogen-bond donors (Lipinski definition) is 1. The molecule has 29 heavy (non-hydrogen) atoms. The summed E-state index contributed by atoms with van der Waals surface area (Å²) in [7, 11) is 0. The van der Waals surface area contributed by atoms with E-state index in [0.717, 1.165) is 29.1 Å². The fourth-order valence-corrected chi connectivity index (χ4v) is 3.33. The fourth-order valence-electron chi connectivity index (χ4n) is 3.33. The van der Waals surface area contributed by atoms with Gasteiger partial charge in [0.15, 0.2) is 0 Å². The molecular weight excluding hydrogens is 366 g/mol. The third-order valence-electron chi connectivity index (χ3n) is 4.68. The minimum Gasteiger partial charge on any atom is -0.463 e. The molecule has 158 valence electrons. The summed E-state index contributed by atoms with van der Waals surface area (Å²) in [4.78, 5) is 25.0. The van der Waals surface area contributed by atoms with Gasteiger partial charge in [-0.15, -0.1) is 0 Å². The largest absolute Gasteiger partial charge is 0.463 e. The number of aromatic nitrogens is 2. The van der Waals surface area contributed by atoms with Crippen molar-refractivity contribution in [3.05, 3.63) is 52.8 Å². The maximum absolute atomic E-state index is 12.8. The predicted octanol–water partition coefficient (Wildman–Crippen LogP) is 3.90. The summed E-state index contributed by atoms with van der Waals surface area (Å²) in [6.07, 6.45) is 0.142. The lowest BCUT2D eigenvalue weighted by Crippen LogP contribution is -2.32. The second kappa shape index (κ2) is 10.2. The van der Waals surface area contributed by atoms with Crippen molar-refractivity contribution in [2.75, 3.05) is 0 Å². The van der Waals surface area contributed by atoms with Gasteiger partial charge in [-0.3, -0.25) is 14.3 Å². The second-order valence-electron chi connectivity index (χ2n) is 8.18. The molecule has 2 aromatic rings. The molecule has 0 aliphatic heterocycles. The molecule has 1 atom stereocenters. The molecule has 2 rings (SSSR count). The van der Waals surface area contributed by atoms with E-state index in [2.05, 4.69) is 24.3 Å². The van der Waals surface area contributed by atoms with Crippen molar-refractivity contribution in [1.82, 2.24) is 15.1 Å². The van der Waals surface area contributed by atoms with Gasteiger partial charge in [0, 0.05) is 17.8 Å². The second-order valence-corrected chi connectivity index (χ2v) is 8.18. The van der Waals surface area contributed by atoms with E-state index in [1.807, 2.05) is 62.7 Å². The van der Waals surface area contributed by atoms with E-state index >= 15 is 0 Å². The van der Waals surface area contributed by atoms with Crippen LogP contribution in [0.2, 0.25) is 0 Å². The number of ether oxygens (including phenoxy) is 1. The standard InChI is InChI=1S/C23H33N3O3/c1-15(2)14-26-18(6)20(17(5)25-26)12-22(27)24-21(13-23(28)29-16(3)4)19-10-8-7-9-11-19/h7-11,15-16,21H,12-14H2,1-6H3,(H,24,27). The van der Waals surface area contributed by atoms with Gasteiger partial charge >= 0.3 is 5.97 Å². The zero-order valence-electron chi connectivity index (χ0n) is 18.4. The van der Waals surface area contributed by atoms with Crippen molar-refractivity contribution < 1.29 is 14.3 Å². The van der Waals surface area contributed by atoms with E-state index in [4.69, 9.17) is 4.74 Å². The molecule has 0 bridgehead atoms. The van der Waals surface area contributed by atoms with Crippen LogP contribution in [0, 0.1) is 19.8 Å². The molecular formula is C23H33N3O3. The topological polar surface area (TPSA) is 73.2 Å². The summed E-state index contributed by atoms with van der Waals surface area (Å²) in [5, 5.41) is 7.60. The van der Waals surface area contributed by atoms with E-state index < -0.39 is 6.04 Å². The summed E-state index contributed by atoms with van der Waals surface area (Å²) in [5.74, 6) is 0.0156. The number of hydrogen-bond acceptors (Lipinski definition) is 4. The first kappa shape index (κ1) is 22.7. The number of nitrogens with zero attached hydrogens (tertiary/aromatic N) is 2. The monoisotopic (exact) mass is 399 g/mol. The maximum Gasteiger partial charge on any atom is 0.308 e. The average Bonchev–Trinajstić information content (AvgIpc) is 2.88. The number of carbonyl (C=O) groups is 2. The highest BCUT2D eigenvalue weighted by atomic mass is 16.5. The molecule has 1 unspecified atom stereocenters. The number of benzene rings is 1. The highest BCUT2D eigenvalue weighted by molar-refractivity contribution is 5.80. The number of rotatable bonds is 9. The summed E-state index contributed by atoms with van der Waals surface area (Å²) in [6, 6.07) is 9.08. The van der Waals surface area contributed by atoms with Gasteiger partial charge in [0.05, 0.1) is 30.7 Å². The van der Waals surface area contributed by atoms with Crippen LogP contribution in [0.25, 0.3) is 0 Å². The zero-order chi connectivity index (χ0) is 21.6. The van der Waals surface area contributed by atoms with Crippen LogP contribution in [0.5, 0.6) is 0 Å². The van der Waals surface area contributed by atoms with Crippen LogP contribution in [0.1, 0.15) is 62.7 Å². The first-order valence-electron chi connectivity index (χ1n) is 10.2. The van der Waals surface area contributed by atoms with Crippen LogP contribution in [0.15, 0.2) is 30.3 Å². The van der Waals surface area contributed by atoms with Crippen molar-refractivity contribution in [2.45, 2.75) is 73.1 Å². The highest BCUT2D eigenvalue weighted by Crippen LogP contribution is 2.20. The van der Waals surface area contributed by atoms with Crippen LogP contribution in [0.3, 0.4) is 0 Å². The molecule has 0 saturated heterocycles. The number of nitrogens with one attached hydrogen (secondary N) is 1. The Morgan fingerprint density at radius 1 is 1.10 bits per heavy atom. The van der Waals surface area contributed by atoms with E-state index in [1.54, 1.807) is 0 Å². The quantitative estimate of drug-likeness (QED) is 0.649. The molecule has 6 heteroatoms. The number of aryl methyl sites for hydroxylation is 1. The van der Waals surface area contributed by atoms with Crippen LogP contribution in [0.4, 0.5) is 0 Å². The Labute approximate surface area is 173 Å². The van der Waals surface area contributed by atoms with Gasteiger partial charge in [0.1, 0.15) is 0 Å². The molecule has 6 nitrogen and oxygen atoms in total. The number of amides is 1. The molecule has 0 spiro atoms. The molecule has 1 N–H and O–H groups in total. The molecule has 0 fully saturated rings. The van der Waals surface area contributed by atoms with E-state index in [-0.39, 0.29) is 30.8 Å². The van der Waals surface area contributed by atoms with E-state index in [1.165, 1.54) is 0 Å².